The first-order valence-electron chi connectivity index (χ1n) is 5.12. The van der Waals surface area contributed by atoms with Crippen LogP contribution in [0.15, 0.2) is 4.42 Å². The summed E-state index contributed by atoms with van der Waals surface area (Å²) in [5.74, 6) is 0.603. The van der Waals surface area contributed by atoms with Gasteiger partial charge in [-0.2, -0.15) is 0 Å². The van der Waals surface area contributed by atoms with Gasteiger partial charge in [-0.25, -0.2) is 0 Å². The van der Waals surface area contributed by atoms with Crippen molar-refractivity contribution in [1.82, 2.24) is 15.5 Å². The summed E-state index contributed by atoms with van der Waals surface area (Å²) in [6.45, 7) is 5.03. The summed E-state index contributed by atoms with van der Waals surface area (Å²) in [6, 6.07) is 0.471. The summed E-state index contributed by atoms with van der Waals surface area (Å²) < 4.78 is 10.3. The van der Waals surface area contributed by atoms with E-state index in [1.165, 1.54) is 0 Å². The van der Waals surface area contributed by atoms with E-state index in [1.807, 2.05) is 6.92 Å². The summed E-state index contributed by atoms with van der Waals surface area (Å²) in [5.41, 5.74) is 0. The molecule has 0 saturated heterocycles. The van der Waals surface area contributed by atoms with Crippen LogP contribution in [0.1, 0.15) is 19.2 Å². The molecule has 2 N–H and O–H groups in total. The molecule has 0 aromatic carbocycles. The number of hydrogen-bond acceptors (Lipinski definition) is 6. The van der Waals surface area contributed by atoms with E-state index in [0.717, 1.165) is 26.1 Å². The van der Waals surface area contributed by atoms with Crippen molar-refractivity contribution >= 4 is 6.01 Å². The van der Waals surface area contributed by atoms with E-state index in [2.05, 4.69) is 20.8 Å². The van der Waals surface area contributed by atoms with Gasteiger partial charge in [0.15, 0.2) is 0 Å². The van der Waals surface area contributed by atoms with Gasteiger partial charge in [0.2, 0.25) is 5.89 Å². The van der Waals surface area contributed by atoms with Crippen molar-refractivity contribution in [3.05, 3.63) is 5.89 Å². The van der Waals surface area contributed by atoms with Crippen molar-refractivity contribution in [3.63, 3.8) is 0 Å². The van der Waals surface area contributed by atoms with Crippen LogP contribution >= 0.6 is 0 Å². The van der Waals surface area contributed by atoms with Crippen LogP contribution in [0.2, 0.25) is 0 Å². The van der Waals surface area contributed by atoms with Crippen LogP contribution in [0.5, 0.6) is 0 Å². The van der Waals surface area contributed by atoms with E-state index < -0.39 is 0 Å². The molecular weight excluding hydrogens is 196 g/mol. The van der Waals surface area contributed by atoms with Gasteiger partial charge in [-0.05, 0) is 13.0 Å². The average Bonchev–Trinajstić information content (AvgIpc) is 2.69. The molecule has 0 aliphatic heterocycles. The number of aromatic nitrogens is 2. The Morgan fingerprint density at radius 3 is 3.00 bits per heavy atom. The fourth-order valence-electron chi connectivity index (χ4n) is 1.04. The average molecular weight is 214 g/mol. The molecule has 0 saturated carbocycles. The molecule has 86 valence electrons. The zero-order valence-electron chi connectivity index (χ0n) is 9.25. The first kappa shape index (κ1) is 11.9. The van der Waals surface area contributed by atoms with Crippen molar-refractivity contribution in [2.24, 2.45) is 0 Å². The number of rotatable bonds is 8. The number of nitrogens with one attached hydrogen (secondary N) is 2. The quantitative estimate of drug-likeness (QED) is 0.618. The van der Waals surface area contributed by atoms with Gasteiger partial charge in [0, 0.05) is 20.3 Å². The highest BCUT2D eigenvalue weighted by atomic mass is 16.5. The molecule has 0 aliphatic rings. The summed E-state index contributed by atoms with van der Waals surface area (Å²) in [5, 5.41) is 13.9. The Kier molecular flexibility index (Phi) is 5.72. The number of hydrogen-bond donors (Lipinski definition) is 2. The predicted octanol–water partition coefficient (Wildman–Crippen LogP) is 0.627. The second-order valence-electron chi connectivity index (χ2n) is 3.05. The molecule has 6 heteroatoms. The smallest absolute Gasteiger partial charge is 0.315 e. The maximum atomic E-state index is 5.33. The molecule has 1 rings (SSSR count). The molecule has 0 fully saturated rings. The summed E-state index contributed by atoms with van der Waals surface area (Å²) in [6.07, 6.45) is 0.918. The van der Waals surface area contributed by atoms with E-state index in [0.29, 0.717) is 18.5 Å². The molecule has 15 heavy (non-hydrogen) atoms. The Morgan fingerprint density at radius 1 is 1.40 bits per heavy atom. The van der Waals surface area contributed by atoms with Crippen LogP contribution in [0, 0.1) is 0 Å². The van der Waals surface area contributed by atoms with Gasteiger partial charge < -0.3 is 19.8 Å². The lowest BCUT2D eigenvalue weighted by atomic mass is 10.4. The lowest BCUT2D eigenvalue weighted by Crippen LogP contribution is -2.11. The number of anilines is 1. The molecule has 0 bridgehead atoms. The number of nitrogens with zero attached hydrogens (tertiary/aromatic N) is 2. The van der Waals surface area contributed by atoms with Crippen LogP contribution in [-0.2, 0) is 11.3 Å². The van der Waals surface area contributed by atoms with E-state index in [9.17, 15) is 0 Å². The molecule has 0 atom stereocenters. The molecule has 1 heterocycles. The lowest BCUT2D eigenvalue weighted by molar-refractivity contribution is 0.197. The molecule has 0 unspecified atom stereocenters. The largest absolute Gasteiger partial charge is 0.407 e. The van der Waals surface area contributed by atoms with Gasteiger partial charge in [0.1, 0.15) is 0 Å². The molecular formula is C9H18N4O2. The van der Waals surface area contributed by atoms with E-state index in [4.69, 9.17) is 9.15 Å². The van der Waals surface area contributed by atoms with Crippen molar-refractivity contribution in [3.8, 4) is 0 Å². The van der Waals surface area contributed by atoms with Gasteiger partial charge >= 0.3 is 6.01 Å². The third kappa shape index (κ3) is 4.75. The predicted molar refractivity (Wildman–Crippen MR) is 56.7 cm³/mol. The van der Waals surface area contributed by atoms with Gasteiger partial charge in [0.25, 0.3) is 0 Å². The monoisotopic (exact) mass is 214 g/mol. The maximum absolute atomic E-state index is 5.33. The minimum atomic E-state index is 0.471. The zero-order chi connectivity index (χ0) is 10.9. The molecule has 0 spiro atoms. The Bertz CT molecular complexity index is 264. The van der Waals surface area contributed by atoms with Crippen LogP contribution in [0.3, 0.4) is 0 Å². The Labute approximate surface area is 89.4 Å². The van der Waals surface area contributed by atoms with E-state index >= 15 is 0 Å². The fourth-order valence-corrected chi connectivity index (χ4v) is 1.04. The first-order valence-corrected chi connectivity index (χ1v) is 5.12. The Hall–Kier alpha value is -1.14. The van der Waals surface area contributed by atoms with Crippen LogP contribution in [0.4, 0.5) is 6.01 Å². The summed E-state index contributed by atoms with van der Waals surface area (Å²) in [7, 11) is 1.68. The molecule has 0 amide bonds. The third-order valence-electron chi connectivity index (χ3n) is 1.79. The normalized spacial score (nSPS) is 10.5. The first-order chi connectivity index (χ1) is 7.36. The van der Waals surface area contributed by atoms with Crippen LogP contribution < -0.4 is 10.6 Å². The van der Waals surface area contributed by atoms with Crippen molar-refractivity contribution in [1.29, 1.82) is 0 Å². The third-order valence-corrected chi connectivity index (χ3v) is 1.79. The van der Waals surface area contributed by atoms with Crippen molar-refractivity contribution in [2.45, 2.75) is 19.9 Å². The Morgan fingerprint density at radius 2 is 2.27 bits per heavy atom. The highest BCUT2D eigenvalue weighted by molar-refractivity contribution is 5.16. The van der Waals surface area contributed by atoms with E-state index in [-0.39, 0.29) is 0 Å². The molecule has 0 aliphatic carbocycles. The minimum Gasteiger partial charge on any atom is -0.407 e. The lowest BCUT2D eigenvalue weighted by Gasteiger charge is -1.99. The van der Waals surface area contributed by atoms with E-state index in [1.54, 1.807) is 7.11 Å². The zero-order valence-corrected chi connectivity index (χ0v) is 9.25. The van der Waals surface area contributed by atoms with Gasteiger partial charge in [-0.15, -0.1) is 5.10 Å². The number of methoxy groups -OCH3 is 1. The highest BCUT2D eigenvalue weighted by Gasteiger charge is 2.03. The molecule has 6 nitrogen and oxygen atoms in total. The maximum Gasteiger partial charge on any atom is 0.315 e. The summed E-state index contributed by atoms with van der Waals surface area (Å²) >= 11 is 0. The molecule has 0 radical (unpaired) electrons. The Balaban J connectivity index is 2.20. The van der Waals surface area contributed by atoms with Gasteiger partial charge in [0.05, 0.1) is 6.54 Å². The van der Waals surface area contributed by atoms with Crippen LogP contribution in [0.25, 0.3) is 0 Å². The van der Waals surface area contributed by atoms with Crippen molar-refractivity contribution in [2.75, 3.05) is 32.1 Å². The van der Waals surface area contributed by atoms with Crippen molar-refractivity contribution < 1.29 is 9.15 Å². The number of ether oxygens (including phenoxy) is 1. The minimum absolute atomic E-state index is 0.471. The second kappa shape index (κ2) is 7.19. The molecule has 1 aromatic rings. The van der Waals surface area contributed by atoms with Gasteiger partial charge in [-0.1, -0.05) is 12.0 Å². The summed E-state index contributed by atoms with van der Waals surface area (Å²) in [4.78, 5) is 0. The standard InChI is InChI=1S/C9H18N4O2/c1-3-10-7-8-12-13-9(15-8)11-5-4-6-14-2/h10H,3-7H2,1-2H3,(H,11,13). The van der Waals surface area contributed by atoms with Gasteiger partial charge in [-0.3, -0.25) is 0 Å². The second-order valence-corrected chi connectivity index (χ2v) is 3.05. The SMILES string of the molecule is CCNCc1nnc(NCCCOC)o1. The fraction of sp³-hybridized carbons (Fsp3) is 0.778. The van der Waals surface area contributed by atoms with Crippen LogP contribution in [-0.4, -0.2) is 37.0 Å². The molecule has 1 aromatic heterocycles. The highest BCUT2D eigenvalue weighted by Crippen LogP contribution is 2.04. The topological polar surface area (TPSA) is 72.2 Å².